The van der Waals surface area contributed by atoms with Crippen molar-refractivity contribution in [3.63, 3.8) is 0 Å². The monoisotopic (exact) mass is 446 g/mol. The quantitative estimate of drug-likeness (QED) is 0.149. The van der Waals surface area contributed by atoms with Crippen LogP contribution in [0.2, 0.25) is 0 Å². The van der Waals surface area contributed by atoms with Crippen molar-refractivity contribution in [1.29, 1.82) is 0 Å². The van der Waals surface area contributed by atoms with E-state index in [0.29, 0.717) is 24.3 Å². The molecule has 0 heterocycles. The summed E-state index contributed by atoms with van der Waals surface area (Å²) in [6, 6.07) is 6.50. The molecule has 0 fully saturated rings. The maximum absolute atomic E-state index is 12.1. The van der Waals surface area contributed by atoms with E-state index in [0.717, 1.165) is 25.7 Å². The van der Waals surface area contributed by atoms with Crippen molar-refractivity contribution in [2.45, 2.75) is 117 Å². The highest BCUT2D eigenvalue weighted by atomic mass is 16.5. The van der Waals surface area contributed by atoms with Gasteiger partial charge < -0.3 is 9.47 Å². The van der Waals surface area contributed by atoms with Gasteiger partial charge in [-0.25, -0.2) is 9.59 Å². The molecule has 0 saturated carbocycles. The Bertz CT molecular complexity index is 594. The van der Waals surface area contributed by atoms with E-state index in [-0.39, 0.29) is 11.9 Å². The molecule has 0 bridgehead atoms. The van der Waals surface area contributed by atoms with Crippen molar-refractivity contribution in [3.05, 3.63) is 35.4 Å². The minimum atomic E-state index is -0.347. The van der Waals surface area contributed by atoms with Gasteiger partial charge in [-0.3, -0.25) is 0 Å². The topological polar surface area (TPSA) is 52.6 Å². The molecule has 0 spiro atoms. The third-order valence-corrected chi connectivity index (χ3v) is 5.82. The Morgan fingerprint density at radius 3 is 1.19 bits per heavy atom. The van der Waals surface area contributed by atoms with Crippen molar-refractivity contribution < 1.29 is 19.1 Å². The summed E-state index contributed by atoms with van der Waals surface area (Å²) in [5.41, 5.74) is 0.935. The normalized spacial score (nSPS) is 10.8. The number of esters is 2. The molecule has 0 aliphatic heterocycles. The van der Waals surface area contributed by atoms with Gasteiger partial charge in [0.25, 0.3) is 0 Å². The first-order chi connectivity index (χ1) is 15.7. The molecule has 32 heavy (non-hydrogen) atoms. The Kier molecular flexibility index (Phi) is 17.5. The van der Waals surface area contributed by atoms with Gasteiger partial charge in [-0.1, -0.05) is 104 Å². The second-order valence-corrected chi connectivity index (χ2v) is 8.80. The van der Waals surface area contributed by atoms with Gasteiger partial charge in [0.15, 0.2) is 0 Å². The van der Waals surface area contributed by atoms with E-state index in [9.17, 15) is 9.59 Å². The average Bonchev–Trinajstić information content (AvgIpc) is 2.81. The van der Waals surface area contributed by atoms with E-state index in [4.69, 9.17) is 9.47 Å². The molecule has 0 aromatic heterocycles. The number of carbonyl (C=O) groups excluding carboxylic acids is 2. The highest BCUT2D eigenvalue weighted by Crippen LogP contribution is 2.13. The van der Waals surface area contributed by atoms with Gasteiger partial charge in [0.2, 0.25) is 0 Å². The lowest BCUT2D eigenvalue weighted by Crippen LogP contribution is -2.09. The number of carbonyl (C=O) groups is 2. The van der Waals surface area contributed by atoms with E-state index < -0.39 is 0 Å². The van der Waals surface area contributed by atoms with E-state index >= 15 is 0 Å². The van der Waals surface area contributed by atoms with Crippen molar-refractivity contribution >= 4 is 11.9 Å². The summed E-state index contributed by atoms with van der Waals surface area (Å²) < 4.78 is 10.5. The van der Waals surface area contributed by atoms with Crippen LogP contribution in [0, 0.1) is 0 Å². The Morgan fingerprint density at radius 1 is 0.500 bits per heavy atom. The van der Waals surface area contributed by atoms with E-state index in [1.807, 2.05) is 6.92 Å². The van der Waals surface area contributed by atoms with Crippen LogP contribution < -0.4 is 0 Å². The van der Waals surface area contributed by atoms with Crippen LogP contribution in [0.1, 0.15) is 137 Å². The van der Waals surface area contributed by atoms with Gasteiger partial charge in [0, 0.05) is 0 Å². The van der Waals surface area contributed by atoms with Crippen molar-refractivity contribution in [2.75, 3.05) is 13.2 Å². The van der Waals surface area contributed by atoms with Gasteiger partial charge in [0.05, 0.1) is 24.3 Å². The highest BCUT2D eigenvalue weighted by molar-refractivity contribution is 5.93. The predicted molar refractivity (Wildman–Crippen MR) is 132 cm³/mol. The zero-order chi connectivity index (χ0) is 23.3. The zero-order valence-corrected chi connectivity index (χ0v) is 20.7. The zero-order valence-electron chi connectivity index (χ0n) is 20.7. The fourth-order valence-corrected chi connectivity index (χ4v) is 3.68. The van der Waals surface area contributed by atoms with Crippen LogP contribution in [0.25, 0.3) is 0 Å². The van der Waals surface area contributed by atoms with Crippen molar-refractivity contribution in [3.8, 4) is 0 Å². The van der Waals surface area contributed by atoms with Crippen molar-refractivity contribution in [1.82, 2.24) is 0 Å². The molecule has 1 aromatic carbocycles. The minimum Gasteiger partial charge on any atom is -0.462 e. The van der Waals surface area contributed by atoms with Crippen LogP contribution in [0.5, 0.6) is 0 Å². The fraction of sp³-hybridized carbons (Fsp3) is 0.714. The lowest BCUT2D eigenvalue weighted by atomic mass is 10.0. The summed E-state index contributed by atoms with van der Waals surface area (Å²) in [5, 5.41) is 0. The van der Waals surface area contributed by atoms with Crippen LogP contribution >= 0.6 is 0 Å². The third kappa shape index (κ3) is 14.3. The molecule has 4 heteroatoms. The van der Waals surface area contributed by atoms with E-state index in [1.54, 1.807) is 24.3 Å². The summed E-state index contributed by atoms with van der Waals surface area (Å²) >= 11 is 0. The first-order valence-corrected chi connectivity index (χ1v) is 13.1. The van der Waals surface area contributed by atoms with Gasteiger partial charge in [-0.15, -0.1) is 0 Å². The number of unbranched alkanes of at least 4 members (excludes halogenated alkanes) is 14. The lowest BCUT2D eigenvalue weighted by molar-refractivity contribution is 0.0484. The standard InChI is InChI=1S/C28H46O4/c1-3-5-7-8-9-10-11-12-13-14-15-16-17-18-24-32-28(30)26-21-19-25(20-22-26)27(29)31-23-6-4-2/h19-22H,3-18,23-24H2,1-2H3. The van der Waals surface area contributed by atoms with Crippen LogP contribution in [-0.2, 0) is 9.47 Å². The average molecular weight is 447 g/mol. The molecular weight excluding hydrogens is 400 g/mol. The molecule has 0 atom stereocenters. The molecule has 182 valence electrons. The molecule has 1 aromatic rings. The largest absolute Gasteiger partial charge is 0.462 e. The molecule has 0 aliphatic carbocycles. The highest BCUT2D eigenvalue weighted by Gasteiger charge is 2.10. The molecule has 0 aliphatic rings. The molecular formula is C28H46O4. The van der Waals surface area contributed by atoms with Gasteiger partial charge in [-0.05, 0) is 37.1 Å². The van der Waals surface area contributed by atoms with Crippen LogP contribution in [0.4, 0.5) is 0 Å². The maximum Gasteiger partial charge on any atom is 0.338 e. The SMILES string of the molecule is CCCCCCCCCCCCCCCCOC(=O)c1ccc(C(=O)OCCCC)cc1. The van der Waals surface area contributed by atoms with Crippen LogP contribution in [-0.4, -0.2) is 25.2 Å². The predicted octanol–water partition coefficient (Wildman–Crippen LogP) is 8.28. The number of hydrogen-bond acceptors (Lipinski definition) is 4. The second-order valence-electron chi connectivity index (χ2n) is 8.80. The number of ether oxygens (including phenoxy) is 2. The summed E-state index contributed by atoms with van der Waals surface area (Å²) in [4.78, 5) is 24.0. The second kappa shape index (κ2) is 19.8. The Hall–Kier alpha value is -1.84. The summed E-state index contributed by atoms with van der Waals surface area (Å²) in [6.07, 6.45) is 20.1. The summed E-state index contributed by atoms with van der Waals surface area (Å²) in [6.45, 7) is 5.20. The molecule has 0 saturated heterocycles. The Morgan fingerprint density at radius 2 is 0.812 bits per heavy atom. The molecule has 0 N–H and O–H groups in total. The van der Waals surface area contributed by atoms with Gasteiger partial charge >= 0.3 is 11.9 Å². The van der Waals surface area contributed by atoms with E-state index in [1.165, 1.54) is 77.0 Å². The van der Waals surface area contributed by atoms with Crippen molar-refractivity contribution in [2.24, 2.45) is 0 Å². The third-order valence-electron chi connectivity index (χ3n) is 5.82. The van der Waals surface area contributed by atoms with Crippen LogP contribution in [0.15, 0.2) is 24.3 Å². The lowest BCUT2D eigenvalue weighted by Gasteiger charge is -2.07. The summed E-state index contributed by atoms with van der Waals surface area (Å²) in [7, 11) is 0. The Labute approximate surface area is 196 Å². The number of hydrogen-bond donors (Lipinski definition) is 0. The smallest absolute Gasteiger partial charge is 0.338 e. The molecule has 0 unspecified atom stereocenters. The number of benzene rings is 1. The summed E-state index contributed by atoms with van der Waals surface area (Å²) in [5.74, 6) is -0.675. The molecule has 4 nitrogen and oxygen atoms in total. The fourth-order valence-electron chi connectivity index (χ4n) is 3.68. The maximum atomic E-state index is 12.1. The molecule has 0 radical (unpaired) electrons. The Balaban J connectivity index is 1.98. The minimum absolute atomic E-state index is 0.328. The van der Waals surface area contributed by atoms with Gasteiger partial charge in [-0.2, -0.15) is 0 Å². The van der Waals surface area contributed by atoms with Gasteiger partial charge in [0.1, 0.15) is 0 Å². The number of rotatable bonds is 20. The van der Waals surface area contributed by atoms with E-state index in [2.05, 4.69) is 6.92 Å². The first kappa shape index (κ1) is 28.2. The van der Waals surface area contributed by atoms with Crippen LogP contribution in [0.3, 0.4) is 0 Å². The molecule has 1 rings (SSSR count). The molecule has 0 amide bonds. The first-order valence-electron chi connectivity index (χ1n) is 13.1.